The van der Waals surface area contributed by atoms with Crippen molar-refractivity contribution in [3.63, 3.8) is 0 Å². The predicted octanol–water partition coefficient (Wildman–Crippen LogP) is 3.72. The van der Waals surface area contributed by atoms with E-state index in [1.807, 2.05) is 0 Å². The number of nitrogens with one attached hydrogen (secondary N) is 1. The highest BCUT2D eigenvalue weighted by Crippen LogP contribution is 2.42. The smallest absolute Gasteiger partial charge is 0.416 e. The van der Waals surface area contributed by atoms with E-state index in [0.717, 1.165) is 12.1 Å². The third-order valence-corrected chi connectivity index (χ3v) is 5.81. The molecule has 4 rings (SSSR count). The van der Waals surface area contributed by atoms with Crippen molar-refractivity contribution < 1.29 is 32.2 Å². The van der Waals surface area contributed by atoms with Crippen molar-refractivity contribution >= 4 is 11.9 Å². The largest absolute Gasteiger partial charge is 0.493 e. The van der Waals surface area contributed by atoms with Gasteiger partial charge in [0.15, 0.2) is 11.5 Å². The van der Waals surface area contributed by atoms with E-state index in [0.29, 0.717) is 33.9 Å². The Bertz CT molecular complexity index is 1150. The molecule has 2 aliphatic rings. The lowest BCUT2D eigenvalue weighted by molar-refractivity contribution is -0.137. The first-order chi connectivity index (χ1) is 15.7. The molecule has 0 aromatic heterocycles. The number of hydrogen-bond donors (Lipinski definition) is 1. The first-order valence-electron chi connectivity index (χ1n) is 10.1. The Hall–Kier alpha value is -3.69. The van der Waals surface area contributed by atoms with Gasteiger partial charge in [-0.25, -0.2) is 4.79 Å². The number of carbonyl (C=O) groups is 2. The summed E-state index contributed by atoms with van der Waals surface area (Å²) in [6, 6.07) is 8.81. The summed E-state index contributed by atoms with van der Waals surface area (Å²) in [5.41, 5.74) is 0.939. The number of amides is 3. The number of para-hydroxylation sites is 1. The molecule has 0 fully saturated rings. The fourth-order valence-electron chi connectivity index (χ4n) is 4.19. The van der Waals surface area contributed by atoms with Crippen LogP contribution in [0.3, 0.4) is 0 Å². The molecule has 0 spiro atoms. The van der Waals surface area contributed by atoms with Crippen molar-refractivity contribution in [1.82, 2.24) is 15.1 Å². The minimum atomic E-state index is -4.48. The Morgan fingerprint density at radius 1 is 1.09 bits per heavy atom. The molecule has 2 heterocycles. The Labute approximate surface area is 188 Å². The Balaban J connectivity index is 1.69. The zero-order chi connectivity index (χ0) is 23.9. The van der Waals surface area contributed by atoms with Crippen LogP contribution in [0.25, 0.3) is 0 Å². The molecule has 7 nitrogen and oxygen atoms in total. The number of carbonyl (C=O) groups excluding carboxylic acids is 2. The van der Waals surface area contributed by atoms with Crippen molar-refractivity contribution in [2.45, 2.75) is 18.8 Å². The van der Waals surface area contributed by atoms with E-state index in [9.17, 15) is 22.8 Å². The summed E-state index contributed by atoms with van der Waals surface area (Å²) in [6.07, 6.45) is -4.48. The maximum atomic E-state index is 13.4. The molecule has 33 heavy (non-hydrogen) atoms. The van der Waals surface area contributed by atoms with Crippen molar-refractivity contribution in [2.24, 2.45) is 0 Å². The average molecular weight is 461 g/mol. The molecule has 0 bridgehead atoms. The SMILES string of the molecule is COc1cccc(C2NC(=O)N(C)C3=C2C(=O)N(Cc2cccc(C(F)(F)F)c2)C3)c1OC. The summed E-state index contributed by atoms with van der Waals surface area (Å²) in [5, 5.41) is 2.82. The second-order valence-corrected chi connectivity index (χ2v) is 7.74. The van der Waals surface area contributed by atoms with Gasteiger partial charge in [0.25, 0.3) is 5.91 Å². The van der Waals surface area contributed by atoms with Crippen LogP contribution in [-0.2, 0) is 17.5 Å². The summed E-state index contributed by atoms with van der Waals surface area (Å²) in [4.78, 5) is 28.8. The van der Waals surface area contributed by atoms with Crippen LogP contribution in [0.1, 0.15) is 22.7 Å². The molecule has 0 saturated carbocycles. The number of ether oxygens (including phenoxy) is 2. The first kappa shape index (κ1) is 22.5. The van der Waals surface area contributed by atoms with Gasteiger partial charge in [-0.05, 0) is 23.8 Å². The summed E-state index contributed by atoms with van der Waals surface area (Å²) in [7, 11) is 4.49. The lowest BCUT2D eigenvalue weighted by Gasteiger charge is -2.31. The molecular weight excluding hydrogens is 439 g/mol. The number of alkyl halides is 3. The molecule has 1 N–H and O–H groups in total. The number of methoxy groups -OCH3 is 2. The predicted molar refractivity (Wildman–Crippen MR) is 112 cm³/mol. The van der Waals surface area contributed by atoms with E-state index >= 15 is 0 Å². The van der Waals surface area contributed by atoms with Gasteiger partial charge in [-0.15, -0.1) is 0 Å². The van der Waals surface area contributed by atoms with Gasteiger partial charge < -0.3 is 19.7 Å². The monoisotopic (exact) mass is 461 g/mol. The van der Waals surface area contributed by atoms with Gasteiger partial charge >= 0.3 is 12.2 Å². The number of nitrogens with zero attached hydrogens (tertiary/aromatic N) is 2. The molecule has 0 radical (unpaired) electrons. The lowest BCUT2D eigenvalue weighted by atomic mass is 9.94. The van der Waals surface area contributed by atoms with Crippen LogP contribution >= 0.6 is 0 Å². The molecule has 1 unspecified atom stereocenters. The van der Waals surface area contributed by atoms with Crippen LogP contribution < -0.4 is 14.8 Å². The molecule has 0 aliphatic carbocycles. The van der Waals surface area contributed by atoms with E-state index < -0.39 is 23.8 Å². The maximum Gasteiger partial charge on any atom is 0.416 e. The van der Waals surface area contributed by atoms with Crippen LogP contribution in [0.15, 0.2) is 53.7 Å². The molecular formula is C23H22F3N3O4. The van der Waals surface area contributed by atoms with Gasteiger partial charge in [-0.1, -0.05) is 24.3 Å². The second kappa shape index (κ2) is 8.34. The summed E-state index contributed by atoms with van der Waals surface area (Å²) in [5.74, 6) is 0.451. The molecule has 174 valence electrons. The fraction of sp³-hybridized carbons (Fsp3) is 0.304. The lowest BCUT2D eigenvalue weighted by Crippen LogP contribution is -2.45. The van der Waals surface area contributed by atoms with Crippen LogP contribution in [0.2, 0.25) is 0 Å². The topological polar surface area (TPSA) is 71.1 Å². The molecule has 3 amide bonds. The summed E-state index contributed by atoms with van der Waals surface area (Å²) in [6.45, 7) is 0.0663. The highest BCUT2D eigenvalue weighted by Gasteiger charge is 2.44. The van der Waals surface area contributed by atoms with E-state index in [-0.39, 0.29) is 19.0 Å². The van der Waals surface area contributed by atoms with E-state index in [2.05, 4.69) is 5.32 Å². The zero-order valence-corrected chi connectivity index (χ0v) is 18.2. The van der Waals surface area contributed by atoms with Crippen LogP contribution in [0, 0.1) is 0 Å². The number of urea groups is 1. The van der Waals surface area contributed by atoms with Crippen LogP contribution in [0.4, 0.5) is 18.0 Å². The standard InChI is InChI=1S/C23H22F3N3O4/c1-28-16-12-29(11-13-6-4-7-14(10-13)23(24,25)26)21(30)18(16)19(27-22(28)31)15-8-5-9-17(32-2)20(15)33-3/h4-10,19H,11-12H2,1-3H3,(H,27,31). The van der Waals surface area contributed by atoms with Crippen molar-refractivity contribution in [3.8, 4) is 11.5 Å². The Kier molecular flexibility index (Phi) is 5.69. The third-order valence-electron chi connectivity index (χ3n) is 5.81. The van der Waals surface area contributed by atoms with E-state index in [4.69, 9.17) is 9.47 Å². The molecule has 2 aromatic rings. The number of halogens is 3. The van der Waals surface area contributed by atoms with Gasteiger partial charge in [0.05, 0.1) is 43.6 Å². The Morgan fingerprint density at radius 3 is 2.48 bits per heavy atom. The van der Waals surface area contributed by atoms with E-state index in [1.165, 1.54) is 36.2 Å². The van der Waals surface area contributed by atoms with Crippen LogP contribution in [0.5, 0.6) is 11.5 Å². The highest BCUT2D eigenvalue weighted by atomic mass is 19.4. The molecule has 1 atom stereocenters. The molecule has 0 saturated heterocycles. The van der Waals surface area contributed by atoms with Gasteiger partial charge in [0.2, 0.25) is 0 Å². The third kappa shape index (κ3) is 3.96. The zero-order valence-electron chi connectivity index (χ0n) is 18.2. The number of benzene rings is 2. The molecule has 2 aliphatic heterocycles. The number of rotatable bonds is 5. The summed E-state index contributed by atoms with van der Waals surface area (Å²) < 4.78 is 50.1. The molecule has 10 heteroatoms. The minimum absolute atomic E-state index is 0.0280. The maximum absolute atomic E-state index is 13.4. The van der Waals surface area contributed by atoms with E-state index in [1.54, 1.807) is 25.2 Å². The first-order valence-corrected chi connectivity index (χ1v) is 10.1. The summed E-state index contributed by atoms with van der Waals surface area (Å²) >= 11 is 0. The van der Waals surface area contributed by atoms with Crippen LogP contribution in [-0.4, -0.2) is 49.6 Å². The van der Waals surface area contributed by atoms with Crippen molar-refractivity contribution in [2.75, 3.05) is 27.8 Å². The van der Waals surface area contributed by atoms with Gasteiger partial charge in [-0.2, -0.15) is 13.2 Å². The highest BCUT2D eigenvalue weighted by molar-refractivity contribution is 6.01. The van der Waals surface area contributed by atoms with Crippen molar-refractivity contribution in [1.29, 1.82) is 0 Å². The average Bonchev–Trinajstić information content (AvgIpc) is 3.11. The fourth-order valence-corrected chi connectivity index (χ4v) is 4.19. The number of likely N-dealkylation sites (N-methyl/N-ethyl adjacent to an activating group) is 1. The normalized spacial score (nSPS) is 18.4. The second-order valence-electron chi connectivity index (χ2n) is 7.74. The minimum Gasteiger partial charge on any atom is -0.493 e. The van der Waals surface area contributed by atoms with Gasteiger partial charge in [0, 0.05) is 19.2 Å². The van der Waals surface area contributed by atoms with Crippen molar-refractivity contribution in [3.05, 3.63) is 70.4 Å². The molecule has 2 aromatic carbocycles. The Morgan fingerprint density at radius 2 is 1.82 bits per heavy atom. The van der Waals surface area contributed by atoms with Gasteiger partial charge in [0.1, 0.15) is 0 Å². The quantitative estimate of drug-likeness (QED) is 0.737. The van der Waals surface area contributed by atoms with Gasteiger partial charge in [-0.3, -0.25) is 9.69 Å². The number of hydrogen-bond acceptors (Lipinski definition) is 4.